The molecule has 0 saturated carbocycles. The fourth-order valence-electron chi connectivity index (χ4n) is 2.25. The fourth-order valence-corrected chi connectivity index (χ4v) is 3.94. The van der Waals surface area contributed by atoms with E-state index in [-0.39, 0.29) is 11.5 Å². The van der Waals surface area contributed by atoms with Gasteiger partial charge in [0.1, 0.15) is 0 Å². The highest BCUT2D eigenvalue weighted by Gasteiger charge is 2.12. The Bertz CT molecular complexity index is 863. The van der Waals surface area contributed by atoms with Crippen molar-refractivity contribution in [3.63, 3.8) is 0 Å². The summed E-state index contributed by atoms with van der Waals surface area (Å²) in [6.45, 7) is -2.20. The first-order valence-corrected chi connectivity index (χ1v) is 9.80. The normalized spacial score (nSPS) is 10.8. The van der Waals surface area contributed by atoms with E-state index in [4.69, 9.17) is 4.74 Å². The summed E-state index contributed by atoms with van der Waals surface area (Å²) in [5, 5.41) is 12.3. The lowest BCUT2D eigenvalue weighted by molar-refractivity contribution is -0.0512. The third-order valence-corrected chi connectivity index (χ3v) is 5.58. The van der Waals surface area contributed by atoms with E-state index in [2.05, 4.69) is 20.3 Å². The second-order valence-electron chi connectivity index (χ2n) is 5.36. The van der Waals surface area contributed by atoms with Crippen molar-refractivity contribution in [1.29, 1.82) is 0 Å². The van der Waals surface area contributed by atoms with Gasteiger partial charge in [-0.25, -0.2) is 0 Å². The second-order valence-corrected chi connectivity index (χ2v) is 7.56. The average molecular weight is 409 g/mol. The fraction of sp³-hybridized carbons (Fsp3) is 0.222. The predicted octanol–water partition coefficient (Wildman–Crippen LogP) is 5.05. The zero-order chi connectivity index (χ0) is 19.1. The molecule has 0 aliphatic carbocycles. The van der Waals surface area contributed by atoms with Crippen LogP contribution in [-0.2, 0) is 12.3 Å². The van der Waals surface area contributed by atoms with Gasteiger partial charge in [0, 0.05) is 12.3 Å². The van der Waals surface area contributed by atoms with Gasteiger partial charge in [-0.2, -0.15) is 8.78 Å². The average Bonchev–Trinajstić information content (AvgIpc) is 3.14. The molecule has 0 amide bonds. The lowest BCUT2D eigenvalue weighted by atomic mass is 10.2. The van der Waals surface area contributed by atoms with E-state index >= 15 is 0 Å². The molecule has 0 aliphatic rings. The number of thioether (sulfide) groups is 1. The van der Waals surface area contributed by atoms with Crippen LogP contribution in [0.25, 0.3) is 0 Å². The summed E-state index contributed by atoms with van der Waals surface area (Å²) >= 11 is 2.98. The van der Waals surface area contributed by atoms with Crippen LogP contribution >= 0.6 is 23.1 Å². The lowest BCUT2D eigenvalue weighted by Crippen LogP contribution is -2.03. The Hall–Kier alpha value is -2.39. The SMILES string of the molecule is COc1cc(CSc2nnc(NCc3ccccc3)s2)ccc1OC(F)F. The van der Waals surface area contributed by atoms with Gasteiger partial charge in [0.15, 0.2) is 15.8 Å². The largest absolute Gasteiger partial charge is 0.493 e. The van der Waals surface area contributed by atoms with Gasteiger partial charge in [0.25, 0.3) is 0 Å². The maximum Gasteiger partial charge on any atom is 0.387 e. The number of aromatic nitrogens is 2. The van der Waals surface area contributed by atoms with E-state index in [0.717, 1.165) is 15.0 Å². The first kappa shape index (κ1) is 19.4. The number of hydrogen-bond acceptors (Lipinski definition) is 7. The number of hydrogen-bond donors (Lipinski definition) is 1. The Morgan fingerprint density at radius 3 is 2.63 bits per heavy atom. The Balaban J connectivity index is 1.55. The Morgan fingerprint density at radius 2 is 1.89 bits per heavy atom. The van der Waals surface area contributed by atoms with E-state index in [1.807, 2.05) is 30.3 Å². The number of halogens is 2. The number of alkyl halides is 2. The van der Waals surface area contributed by atoms with E-state index in [9.17, 15) is 8.78 Å². The summed E-state index contributed by atoms with van der Waals surface area (Å²) in [7, 11) is 1.42. The van der Waals surface area contributed by atoms with Crippen LogP contribution in [0, 0.1) is 0 Å². The van der Waals surface area contributed by atoms with Crippen molar-refractivity contribution in [3.8, 4) is 11.5 Å². The third-order valence-electron chi connectivity index (χ3n) is 3.50. The summed E-state index contributed by atoms with van der Waals surface area (Å²) in [6.07, 6.45) is 0. The topological polar surface area (TPSA) is 56.3 Å². The van der Waals surface area contributed by atoms with Crippen molar-refractivity contribution < 1.29 is 18.3 Å². The Kier molecular flexibility index (Phi) is 6.83. The van der Waals surface area contributed by atoms with Gasteiger partial charge >= 0.3 is 6.61 Å². The predicted molar refractivity (Wildman–Crippen MR) is 103 cm³/mol. The van der Waals surface area contributed by atoms with Crippen LogP contribution in [0.3, 0.4) is 0 Å². The molecular weight excluding hydrogens is 392 g/mol. The summed E-state index contributed by atoms with van der Waals surface area (Å²) in [6, 6.07) is 14.9. The minimum Gasteiger partial charge on any atom is -0.493 e. The van der Waals surface area contributed by atoms with Gasteiger partial charge in [0.2, 0.25) is 5.13 Å². The molecule has 0 unspecified atom stereocenters. The highest BCUT2D eigenvalue weighted by molar-refractivity contribution is 8.00. The quantitative estimate of drug-likeness (QED) is 0.499. The smallest absolute Gasteiger partial charge is 0.387 e. The molecule has 5 nitrogen and oxygen atoms in total. The van der Waals surface area contributed by atoms with E-state index in [1.54, 1.807) is 12.1 Å². The lowest BCUT2D eigenvalue weighted by Gasteiger charge is -2.11. The van der Waals surface area contributed by atoms with E-state index < -0.39 is 6.61 Å². The molecule has 0 spiro atoms. The molecule has 0 fully saturated rings. The van der Waals surface area contributed by atoms with Crippen LogP contribution < -0.4 is 14.8 Å². The van der Waals surface area contributed by atoms with Crippen molar-refractivity contribution in [1.82, 2.24) is 10.2 Å². The van der Waals surface area contributed by atoms with Crippen molar-refractivity contribution >= 4 is 28.2 Å². The van der Waals surface area contributed by atoms with Gasteiger partial charge in [-0.3, -0.25) is 0 Å². The van der Waals surface area contributed by atoms with Crippen LogP contribution in [0.5, 0.6) is 11.5 Å². The van der Waals surface area contributed by atoms with Crippen LogP contribution in [-0.4, -0.2) is 23.9 Å². The molecule has 0 bridgehead atoms. The second kappa shape index (κ2) is 9.52. The highest BCUT2D eigenvalue weighted by Crippen LogP contribution is 2.33. The molecule has 142 valence electrons. The van der Waals surface area contributed by atoms with Gasteiger partial charge in [-0.1, -0.05) is 59.5 Å². The Morgan fingerprint density at radius 1 is 1.07 bits per heavy atom. The van der Waals surface area contributed by atoms with Crippen LogP contribution in [0.4, 0.5) is 13.9 Å². The molecule has 27 heavy (non-hydrogen) atoms. The van der Waals surface area contributed by atoms with Crippen LogP contribution in [0.1, 0.15) is 11.1 Å². The summed E-state index contributed by atoms with van der Waals surface area (Å²) < 4.78 is 35.1. The summed E-state index contributed by atoms with van der Waals surface area (Å²) in [5.41, 5.74) is 2.08. The third kappa shape index (κ3) is 5.80. The van der Waals surface area contributed by atoms with E-state index in [1.165, 1.54) is 41.8 Å². The number of anilines is 1. The monoisotopic (exact) mass is 409 g/mol. The number of rotatable bonds is 9. The molecular formula is C18H17F2N3O2S2. The van der Waals surface area contributed by atoms with Gasteiger partial charge < -0.3 is 14.8 Å². The zero-order valence-corrected chi connectivity index (χ0v) is 16.0. The van der Waals surface area contributed by atoms with Crippen LogP contribution in [0.2, 0.25) is 0 Å². The molecule has 0 saturated heterocycles. The van der Waals surface area contributed by atoms with Crippen LogP contribution in [0.15, 0.2) is 52.9 Å². The minimum absolute atomic E-state index is 0.0181. The number of methoxy groups -OCH3 is 1. The molecule has 1 N–H and O–H groups in total. The van der Waals surface area contributed by atoms with Gasteiger partial charge in [0.05, 0.1) is 7.11 Å². The molecule has 0 radical (unpaired) electrons. The molecule has 3 rings (SSSR count). The van der Waals surface area contributed by atoms with Crippen molar-refractivity contribution in [2.45, 2.75) is 23.2 Å². The molecule has 9 heteroatoms. The maximum absolute atomic E-state index is 12.4. The molecule has 2 aromatic carbocycles. The van der Waals surface area contributed by atoms with Gasteiger partial charge in [-0.05, 0) is 23.3 Å². The van der Waals surface area contributed by atoms with Crippen molar-refractivity contribution in [2.75, 3.05) is 12.4 Å². The molecule has 3 aromatic rings. The minimum atomic E-state index is -2.89. The first-order valence-electron chi connectivity index (χ1n) is 8.00. The van der Waals surface area contributed by atoms with Crippen molar-refractivity contribution in [2.24, 2.45) is 0 Å². The highest BCUT2D eigenvalue weighted by atomic mass is 32.2. The Labute approximate surface area is 163 Å². The maximum atomic E-state index is 12.4. The molecule has 0 aliphatic heterocycles. The zero-order valence-electron chi connectivity index (χ0n) is 14.4. The van der Waals surface area contributed by atoms with Gasteiger partial charge in [-0.15, -0.1) is 10.2 Å². The number of nitrogens with zero attached hydrogens (tertiary/aromatic N) is 2. The number of benzene rings is 2. The number of nitrogens with one attached hydrogen (secondary N) is 1. The van der Waals surface area contributed by atoms with E-state index in [0.29, 0.717) is 12.3 Å². The first-order chi connectivity index (χ1) is 13.1. The molecule has 1 heterocycles. The molecule has 0 atom stereocenters. The molecule has 1 aromatic heterocycles. The van der Waals surface area contributed by atoms with Crippen molar-refractivity contribution in [3.05, 3.63) is 59.7 Å². The standard InChI is InChI=1S/C18H17F2N3O2S2/c1-24-15-9-13(7-8-14(15)25-16(19)20)11-26-18-23-22-17(27-18)21-10-12-5-3-2-4-6-12/h2-9,16H,10-11H2,1H3,(H,21,22). The summed E-state index contributed by atoms with van der Waals surface area (Å²) in [5.74, 6) is 0.902. The summed E-state index contributed by atoms with van der Waals surface area (Å²) in [4.78, 5) is 0. The number of ether oxygens (including phenoxy) is 2.